The van der Waals surface area contributed by atoms with Gasteiger partial charge in [0.2, 0.25) is 0 Å². The van der Waals surface area contributed by atoms with E-state index in [9.17, 15) is 9.59 Å². The minimum atomic E-state index is -1.89. The highest BCUT2D eigenvalue weighted by Gasteiger charge is 2.37. The van der Waals surface area contributed by atoms with E-state index in [-0.39, 0.29) is 23.3 Å². The Morgan fingerprint density at radius 2 is 1.71 bits per heavy atom. The molecule has 0 aliphatic carbocycles. The van der Waals surface area contributed by atoms with Crippen molar-refractivity contribution in [2.45, 2.75) is 71.7 Å². The molecular formula is C16H30O4Si. The van der Waals surface area contributed by atoms with Crippen LogP contribution in [-0.2, 0) is 18.8 Å². The molecule has 4 nitrogen and oxygen atoms in total. The standard InChI is InChI=1S/C16H30O4Si/c1-12(2)9-14(20-15(18)10-13(3)17)11-19-21(7,8)16(4,5)6/h14H,1,9-11H2,2-8H3/t14-/m0/s1. The molecule has 0 unspecified atom stereocenters. The molecule has 0 amide bonds. The fourth-order valence-electron chi connectivity index (χ4n) is 1.47. The molecule has 21 heavy (non-hydrogen) atoms. The number of Topliss-reactive ketones (excluding diaryl/α,β-unsaturated/α-hetero) is 1. The van der Waals surface area contributed by atoms with Crippen LogP contribution in [0.15, 0.2) is 12.2 Å². The van der Waals surface area contributed by atoms with Gasteiger partial charge in [0.05, 0.1) is 6.61 Å². The molecule has 0 aromatic rings. The van der Waals surface area contributed by atoms with Gasteiger partial charge in [-0.15, -0.1) is 6.58 Å². The lowest BCUT2D eigenvalue weighted by Gasteiger charge is -2.37. The van der Waals surface area contributed by atoms with Gasteiger partial charge in [-0.2, -0.15) is 0 Å². The first kappa shape index (κ1) is 20.1. The Balaban J connectivity index is 4.68. The highest BCUT2D eigenvalue weighted by atomic mass is 28.4. The summed E-state index contributed by atoms with van der Waals surface area (Å²) in [4.78, 5) is 22.6. The Hall–Kier alpha value is -0.943. The zero-order chi connectivity index (χ0) is 16.8. The maximum absolute atomic E-state index is 11.6. The van der Waals surface area contributed by atoms with Crippen molar-refractivity contribution in [3.05, 3.63) is 12.2 Å². The first-order valence-electron chi connectivity index (χ1n) is 7.32. The predicted octanol–water partition coefficient (Wildman–Crippen LogP) is 3.87. The fourth-order valence-corrected chi connectivity index (χ4v) is 2.51. The lowest BCUT2D eigenvalue weighted by Crippen LogP contribution is -2.43. The number of esters is 1. The minimum absolute atomic E-state index is 0.101. The van der Waals surface area contributed by atoms with E-state index in [4.69, 9.17) is 9.16 Å². The van der Waals surface area contributed by atoms with Gasteiger partial charge in [0, 0.05) is 6.42 Å². The highest BCUT2D eigenvalue weighted by molar-refractivity contribution is 6.74. The van der Waals surface area contributed by atoms with Gasteiger partial charge >= 0.3 is 5.97 Å². The molecule has 0 N–H and O–H groups in total. The van der Waals surface area contributed by atoms with Crippen LogP contribution in [0.1, 0.15) is 47.5 Å². The van der Waals surface area contributed by atoms with Crippen LogP contribution in [-0.4, -0.2) is 32.8 Å². The van der Waals surface area contributed by atoms with Gasteiger partial charge in [0.1, 0.15) is 18.3 Å². The molecule has 0 spiro atoms. The van der Waals surface area contributed by atoms with Crippen LogP contribution >= 0.6 is 0 Å². The number of ether oxygens (including phenoxy) is 1. The number of ketones is 1. The van der Waals surface area contributed by atoms with E-state index < -0.39 is 14.3 Å². The third-order valence-electron chi connectivity index (χ3n) is 3.70. The van der Waals surface area contributed by atoms with Gasteiger partial charge < -0.3 is 9.16 Å². The lowest BCUT2D eigenvalue weighted by molar-refractivity contribution is -0.152. The first-order valence-corrected chi connectivity index (χ1v) is 10.2. The van der Waals surface area contributed by atoms with E-state index in [1.165, 1.54) is 6.92 Å². The molecule has 0 radical (unpaired) electrons. The van der Waals surface area contributed by atoms with E-state index in [1.54, 1.807) is 0 Å². The number of carbonyl (C=O) groups excluding carboxylic acids is 2. The summed E-state index contributed by atoms with van der Waals surface area (Å²) in [6, 6.07) is 0. The van der Waals surface area contributed by atoms with E-state index >= 15 is 0 Å². The Morgan fingerprint density at radius 3 is 2.10 bits per heavy atom. The summed E-state index contributed by atoms with van der Waals surface area (Å²) in [6.45, 7) is 18.3. The van der Waals surface area contributed by atoms with Gasteiger partial charge in [0.15, 0.2) is 8.32 Å². The zero-order valence-corrected chi connectivity index (χ0v) is 15.5. The van der Waals surface area contributed by atoms with Gasteiger partial charge in [0.25, 0.3) is 0 Å². The van der Waals surface area contributed by atoms with Crippen LogP contribution in [0.5, 0.6) is 0 Å². The smallest absolute Gasteiger partial charge is 0.313 e. The quantitative estimate of drug-likeness (QED) is 0.295. The molecule has 0 saturated heterocycles. The van der Waals surface area contributed by atoms with Crippen LogP contribution in [0, 0.1) is 0 Å². The van der Waals surface area contributed by atoms with E-state index in [2.05, 4.69) is 40.4 Å². The topological polar surface area (TPSA) is 52.6 Å². The van der Waals surface area contributed by atoms with E-state index in [1.807, 2.05) is 6.92 Å². The molecule has 0 aliphatic rings. The van der Waals surface area contributed by atoms with Gasteiger partial charge in [-0.3, -0.25) is 9.59 Å². The maximum Gasteiger partial charge on any atom is 0.313 e. The first-order chi connectivity index (χ1) is 9.35. The summed E-state index contributed by atoms with van der Waals surface area (Å²) in [5.74, 6) is -0.688. The molecule has 0 rings (SSSR count). The Kier molecular flexibility index (Phi) is 7.54. The summed E-state index contributed by atoms with van der Waals surface area (Å²) < 4.78 is 11.5. The number of hydrogen-bond acceptors (Lipinski definition) is 4. The highest BCUT2D eigenvalue weighted by Crippen LogP contribution is 2.36. The average Bonchev–Trinajstić information content (AvgIpc) is 2.22. The second-order valence-electron chi connectivity index (χ2n) is 7.22. The molecular weight excluding hydrogens is 284 g/mol. The lowest BCUT2D eigenvalue weighted by atomic mass is 10.1. The molecule has 0 aromatic heterocycles. The van der Waals surface area contributed by atoms with Crippen LogP contribution in [0.25, 0.3) is 0 Å². The van der Waals surface area contributed by atoms with Crippen molar-refractivity contribution in [1.29, 1.82) is 0 Å². The van der Waals surface area contributed by atoms with Gasteiger partial charge in [-0.05, 0) is 32.0 Å². The largest absolute Gasteiger partial charge is 0.459 e. The van der Waals surface area contributed by atoms with Crippen molar-refractivity contribution >= 4 is 20.1 Å². The van der Waals surface area contributed by atoms with Crippen molar-refractivity contribution in [1.82, 2.24) is 0 Å². The van der Waals surface area contributed by atoms with Crippen molar-refractivity contribution in [2.75, 3.05) is 6.61 Å². The summed E-state index contributed by atoms with van der Waals surface area (Å²) in [5.41, 5.74) is 0.925. The summed E-state index contributed by atoms with van der Waals surface area (Å²) in [5, 5.41) is 0.101. The zero-order valence-electron chi connectivity index (χ0n) is 14.5. The molecule has 122 valence electrons. The SMILES string of the molecule is C=C(C)C[C@@H](CO[Si](C)(C)C(C)(C)C)OC(=O)CC(C)=O. The molecule has 0 saturated carbocycles. The molecule has 0 bridgehead atoms. The molecule has 5 heteroatoms. The van der Waals surface area contributed by atoms with Gasteiger partial charge in [-0.1, -0.05) is 26.3 Å². The normalized spacial score (nSPS) is 13.7. The third-order valence-corrected chi connectivity index (χ3v) is 8.20. The molecule has 1 atom stereocenters. The predicted molar refractivity (Wildman–Crippen MR) is 87.8 cm³/mol. The Morgan fingerprint density at radius 1 is 1.19 bits per heavy atom. The summed E-state index contributed by atoms with van der Waals surface area (Å²) in [7, 11) is -1.89. The summed E-state index contributed by atoms with van der Waals surface area (Å²) in [6.07, 6.45) is -0.00566. The maximum atomic E-state index is 11.6. The van der Waals surface area contributed by atoms with Gasteiger partial charge in [-0.25, -0.2) is 0 Å². The van der Waals surface area contributed by atoms with E-state index in [0.29, 0.717) is 13.0 Å². The van der Waals surface area contributed by atoms with Crippen LogP contribution in [0.3, 0.4) is 0 Å². The Bertz CT molecular complexity index is 394. The minimum Gasteiger partial charge on any atom is -0.459 e. The molecule has 0 fully saturated rings. The second-order valence-corrected chi connectivity index (χ2v) is 12.0. The van der Waals surface area contributed by atoms with Crippen molar-refractivity contribution < 1.29 is 18.8 Å². The second kappa shape index (κ2) is 7.89. The number of hydrogen-bond donors (Lipinski definition) is 0. The number of rotatable bonds is 8. The summed E-state index contributed by atoms with van der Waals surface area (Å²) >= 11 is 0. The van der Waals surface area contributed by atoms with E-state index in [0.717, 1.165) is 5.57 Å². The third kappa shape index (κ3) is 8.17. The van der Waals surface area contributed by atoms with Crippen molar-refractivity contribution in [2.24, 2.45) is 0 Å². The Labute approximate surface area is 130 Å². The van der Waals surface area contributed by atoms with Crippen molar-refractivity contribution in [3.8, 4) is 0 Å². The number of carbonyl (C=O) groups is 2. The fraction of sp³-hybridized carbons (Fsp3) is 0.750. The van der Waals surface area contributed by atoms with Crippen LogP contribution < -0.4 is 0 Å². The molecule has 0 aliphatic heterocycles. The van der Waals surface area contributed by atoms with Crippen LogP contribution in [0.4, 0.5) is 0 Å². The van der Waals surface area contributed by atoms with Crippen LogP contribution in [0.2, 0.25) is 18.1 Å². The molecule has 0 aromatic carbocycles. The molecule has 0 heterocycles. The van der Waals surface area contributed by atoms with Crippen molar-refractivity contribution in [3.63, 3.8) is 0 Å². The monoisotopic (exact) mass is 314 g/mol. The average molecular weight is 314 g/mol.